The lowest BCUT2D eigenvalue weighted by Crippen LogP contribution is -2.27. The predicted octanol–water partition coefficient (Wildman–Crippen LogP) is 1.20. The van der Waals surface area contributed by atoms with Crippen LogP contribution in [-0.4, -0.2) is 19.9 Å². The Balaban J connectivity index is 1.89. The summed E-state index contributed by atoms with van der Waals surface area (Å²) < 4.78 is 26.6. The number of nitrogens with two attached hydrogens (primary N) is 1. The minimum atomic E-state index is -3.35. The van der Waals surface area contributed by atoms with Crippen LogP contribution < -0.4 is 10.5 Å². The zero-order valence-electron chi connectivity index (χ0n) is 11.7. The molecule has 0 radical (unpaired) electrons. The fourth-order valence-corrected chi connectivity index (χ4v) is 3.13. The molecule has 0 saturated carbocycles. The molecule has 0 aliphatic carbocycles. The molecule has 6 heteroatoms. The number of benzene rings is 1. The van der Waals surface area contributed by atoms with Crippen LogP contribution in [0.4, 0.5) is 0 Å². The normalized spacial score (nSPS) is 11.5. The van der Waals surface area contributed by atoms with E-state index in [-0.39, 0.29) is 5.75 Å². The minimum absolute atomic E-state index is 0.0386. The molecular formula is C15H19N3O2S. The van der Waals surface area contributed by atoms with Gasteiger partial charge >= 0.3 is 0 Å². The van der Waals surface area contributed by atoms with Gasteiger partial charge in [-0.1, -0.05) is 30.3 Å². The van der Waals surface area contributed by atoms with Crippen molar-refractivity contribution >= 4 is 10.0 Å². The molecule has 2 rings (SSSR count). The molecular weight excluding hydrogens is 286 g/mol. The average Bonchev–Trinajstić information content (AvgIpc) is 2.48. The highest BCUT2D eigenvalue weighted by atomic mass is 32.2. The lowest BCUT2D eigenvalue weighted by molar-refractivity contribution is 0.580. The quantitative estimate of drug-likeness (QED) is 0.805. The van der Waals surface area contributed by atoms with Gasteiger partial charge in [-0.25, -0.2) is 13.1 Å². The Morgan fingerprint density at radius 1 is 1.10 bits per heavy atom. The molecule has 0 atom stereocenters. The van der Waals surface area contributed by atoms with E-state index < -0.39 is 10.0 Å². The van der Waals surface area contributed by atoms with Crippen LogP contribution in [0, 0.1) is 0 Å². The first-order valence-electron chi connectivity index (χ1n) is 6.74. The van der Waals surface area contributed by atoms with Crippen molar-refractivity contribution < 1.29 is 8.42 Å². The van der Waals surface area contributed by atoms with Gasteiger partial charge in [-0.3, -0.25) is 4.98 Å². The van der Waals surface area contributed by atoms with E-state index in [1.54, 1.807) is 12.3 Å². The lowest BCUT2D eigenvalue weighted by Gasteiger charge is -2.07. The van der Waals surface area contributed by atoms with Crippen LogP contribution >= 0.6 is 0 Å². The molecule has 21 heavy (non-hydrogen) atoms. The second kappa shape index (κ2) is 7.31. The van der Waals surface area contributed by atoms with E-state index in [1.165, 1.54) is 0 Å². The fourth-order valence-electron chi connectivity index (χ4n) is 2.00. The molecule has 0 aliphatic rings. The van der Waals surface area contributed by atoms with Gasteiger partial charge in [0.15, 0.2) is 0 Å². The number of hydrogen-bond acceptors (Lipinski definition) is 4. The molecule has 0 aliphatic heterocycles. The van der Waals surface area contributed by atoms with Gasteiger partial charge in [0, 0.05) is 31.4 Å². The van der Waals surface area contributed by atoms with Crippen molar-refractivity contribution in [3.63, 3.8) is 0 Å². The molecule has 0 saturated heterocycles. The van der Waals surface area contributed by atoms with Crippen molar-refractivity contribution in [3.05, 3.63) is 65.5 Å². The Morgan fingerprint density at radius 3 is 2.62 bits per heavy atom. The number of rotatable bonds is 7. The zero-order chi connectivity index (χ0) is 15.1. The monoisotopic (exact) mass is 305 g/mol. The van der Waals surface area contributed by atoms with E-state index in [2.05, 4.69) is 9.71 Å². The van der Waals surface area contributed by atoms with E-state index in [4.69, 9.17) is 5.73 Å². The zero-order valence-corrected chi connectivity index (χ0v) is 12.5. The molecule has 2 aromatic rings. The fraction of sp³-hybridized carbons (Fsp3) is 0.267. The molecule has 0 amide bonds. The highest BCUT2D eigenvalue weighted by molar-refractivity contribution is 7.88. The molecule has 1 heterocycles. The summed E-state index contributed by atoms with van der Waals surface area (Å²) in [5.41, 5.74) is 8.09. The van der Waals surface area contributed by atoms with Crippen LogP contribution in [-0.2, 0) is 28.7 Å². The van der Waals surface area contributed by atoms with Gasteiger partial charge in [0.25, 0.3) is 0 Å². The number of aromatic nitrogens is 1. The lowest BCUT2D eigenvalue weighted by atomic mass is 10.1. The molecule has 1 aromatic heterocycles. The van der Waals surface area contributed by atoms with E-state index >= 15 is 0 Å². The summed E-state index contributed by atoms with van der Waals surface area (Å²) in [7, 11) is -3.35. The molecule has 0 bridgehead atoms. The van der Waals surface area contributed by atoms with Gasteiger partial charge in [0.2, 0.25) is 10.0 Å². The average molecular weight is 305 g/mol. The summed E-state index contributed by atoms with van der Waals surface area (Å²) in [6.45, 7) is 0.747. The van der Waals surface area contributed by atoms with Crippen molar-refractivity contribution in [2.75, 3.05) is 6.54 Å². The van der Waals surface area contributed by atoms with Crippen molar-refractivity contribution in [3.8, 4) is 0 Å². The highest BCUT2D eigenvalue weighted by Gasteiger charge is 2.11. The topological polar surface area (TPSA) is 85.1 Å². The van der Waals surface area contributed by atoms with Crippen molar-refractivity contribution in [2.45, 2.75) is 18.7 Å². The SMILES string of the molecule is NCc1cccc(CS(=O)(=O)NCCc2ccccn2)c1. The Morgan fingerprint density at radius 2 is 1.90 bits per heavy atom. The predicted molar refractivity (Wildman–Crippen MR) is 82.9 cm³/mol. The maximum atomic E-state index is 12.0. The third-order valence-electron chi connectivity index (χ3n) is 3.01. The van der Waals surface area contributed by atoms with Crippen molar-refractivity contribution in [1.29, 1.82) is 0 Å². The molecule has 1 aromatic carbocycles. The van der Waals surface area contributed by atoms with Crippen LogP contribution in [0.5, 0.6) is 0 Å². The van der Waals surface area contributed by atoms with Crippen LogP contribution in [0.15, 0.2) is 48.7 Å². The Labute approximate surface area is 125 Å². The van der Waals surface area contributed by atoms with E-state index in [0.717, 1.165) is 16.8 Å². The van der Waals surface area contributed by atoms with Gasteiger partial charge in [-0.05, 0) is 23.3 Å². The maximum absolute atomic E-state index is 12.0. The van der Waals surface area contributed by atoms with Gasteiger partial charge in [0.05, 0.1) is 5.75 Å². The molecule has 5 nitrogen and oxygen atoms in total. The molecule has 0 fully saturated rings. The first kappa shape index (κ1) is 15.6. The Bertz CT molecular complexity index is 672. The van der Waals surface area contributed by atoms with Crippen molar-refractivity contribution in [2.24, 2.45) is 5.73 Å². The summed E-state index contributed by atoms with van der Waals surface area (Å²) >= 11 is 0. The Kier molecular flexibility index (Phi) is 5.44. The number of nitrogens with one attached hydrogen (secondary N) is 1. The van der Waals surface area contributed by atoms with Gasteiger partial charge in [-0.15, -0.1) is 0 Å². The molecule has 112 valence electrons. The summed E-state index contributed by atoms with van der Waals surface area (Å²) in [6, 6.07) is 12.9. The molecule has 3 N–H and O–H groups in total. The van der Waals surface area contributed by atoms with Gasteiger partial charge < -0.3 is 5.73 Å². The Hall–Kier alpha value is -1.76. The van der Waals surface area contributed by atoms with Crippen LogP contribution in [0.25, 0.3) is 0 Å². The molecule has 0 spiro atoms. The summed E-state index contributed by atoms with van der Waals surface area (Å²) in [5, 5.41) is 0. The van der Waals surface area contributed by atoms with Gasteiger partial charge in [-0.2, -0.15) is 0 Å². The number of nitrogens with zero attached hydrogens (tertiary/aromatic N) is 1. The summed E-state index contributed by atoms with van der Waals surface area (Å²) in [4.78, 5) is 4.16. The van der Waals surface area contributed by atoms with Crippen LogP contribution in [0.1, 0.15) is 16.8 Å². The van der Waals surface area contributed by atoms with Crippen LogP contribution in [0.3, 0.4) is 0 Å². The third-order valence-corrected chi connectivity index (χ3v) is 4.37. The molecule has 0 unspecified atom stereocenters. The smallest absolute Gasteiger partial charge is 0.215 e. The highest BCUT2D eigenvalue weighted by Crippen LogP contribution is 2.08. The van der Waals surface area contributed by atoms with Crippen LogP contribution in [0.2, 0.25) is 0 Å². The first-order chi connectivity index (χ1) is 10.1. The minimum Gasteiger partial charge on any atom is -0.326 e. The number of pyridine rings is 1. The number of sulfonamides is 1. The number of hydrogen-bond donors (Lipinski definition) is 2. The van der Waals surface area contributed by atoms with E-state index in [0.29, 0.717) is 19.5 Å². The van der Waals surface area contributed by atoms with Gasteiger partial charge in [0.1, 0.15) is 0 Å². The second-order valence-electron chi connectivity index (χ2n) is 4.75. The van der Waals surface area contributed by atoms with E-state index in [9.17, 15) is 8.42 Å². The standard InChI is InChI=1S/C15H19N3O2S/c16-11-13-4-3-5-14(10-13)12-21(19,20)18-9-7-15-6-1-2-8-17-15/h1-6,8,10,18H,7,9,11-12,16H2. The maximum Gasteiger partial charge on any atom is 0.215 e. The van der Waals surface area contributed by atoms with Crippen molar-refractivity contribution in [1.82, 2.24) is 9.71 Å². The second-order valence-corrected chi connectivity index (χ2v) is 6.56. The summed E-state index contributed by atoms with van der Waals surface area (Å²) in [6.07, 6.45) is 2.27. The first-order valence-corrected chi connectivity index (χ1v) is 8.39. The summed E-state index contributed by atoms with van der Waals surface area (Å²) in [5.74, 6) is -0.0386. The third kappa shape index (κ3) is 5.26. The largest absolute Gasteiger partial charge is 0.326 e. The van der Waals surface area contributed by atoms with E-state index in [1.807, 2.05) is 36.4 Å².